The van der Waals surface area contributed by atoms with Crippen molar-refractivity contribution in [2.75, 3.05) is 5.32 Å². The number of benzene rings is 2. The Kier molecular flexibility index (Phi) is 6.94. The average Bonchev–Trinajstić information content (AvgIpc) is 3.11. The number of phenols is 1. The van der Waals surface area contributed by atoms with Gasteiger partial charge >= 0.3 is 5.69 Å². The number of aliphatic imine (C=N–C) groups is 1. The molecular formula is C22H18ClN5O6S. The molecule has 2 heterocycles. The molecule has 1 aliphatic heterocycles. The highest BCUT2D eigenvalue weighted by atomic mass is 35.5. The van der Waals surface area contributed by atoms with E-state index in [0.29, 0.717) is 16.3 Å². The minimum absolute atomic E-state index is 0.0333. The van der Waals surface area contributed by atoms with Crippen molar-refractivity contribution < 1.29 is 19.8 Å². The first-order chi connectivity index (χ1) is 16.7. The maximum atomic E-state index is 12.5. The van der Waals surface area contributed by atoms with Crippen LogP contribution in [0.25, 0.3) is 0 Å². The van der Waals surface area contributed by atoms with Gasteiger partial charge in [0.05, 0.1) is 0 Å². The topological polar surface area (TPSA) is 177 Å². The standard InChI is InChI=1S/C22H18ClN5O6S/c23-11-2-1-3-12(8-11)24-15(30)9-14-18(31)28-22(35-14)25-17(10-4-6-13(29)7-5-10)16-19(32)26-21(34)27-20(16)33/h1-8,14,17,29H,9H2,(H,24,30)(H,25,28,31)(H3,26,27,32,33,34). The van der Waals surface area contributed by atoms with E-state index < -0.39 is 40.2 Å². The maximum Gasteiger partial charge on any atom is 0.328 e. The zero-order valence-corrected chi connectivity index (χ0v) is 19.3. The van der Waals surface area contributed by atoms with E-state index in [1.165, 1.54) is 24.3 Å². The lowest BCUT2D eigenvalue weighted by molar-refractivity contribution is -0.122. The molecule has 0 radical (unpaired) electrons. The van der Waals surface area contributed by atoms with E-state index in [4.69, 9.17) is 11.6 Å². The molecule has 1 aromatic heterocycles. The molecule has 1 saturated heterocycles. The molecule has 0 spiro atoms. The number of rotatable bonds is 6. The summed E-state index contributed by atoms with van der Waals surface area (Å²) in [5.74, 6) is -1.59. The number of hydrogen-bond acceptors (Lipinski definition) is 8. The molecule has 13 heteroatoms. The van der Waals surface area contributed by atoms with E-state index in [9.17, 15) is 29.4 Å². The third-order valence-electron chi connectivity index (χ3n) is 4.94. The van der Waals surface area contributed by atoms with Gasteiger partial charge in [0.25, 0.3) is 5.56 Å². The molecule has 6 N–H and O–H groups in total. The second kappa shape index (κ2) is 10.1. The monoisotopic (exact) mass is 515 g/mol. The van der Waals surface area contributed by atoms with E-state index in [1.54, 1.807) is 24.3 Å². The minimum Gasteiger partial charge on any atom is -0.508 e. The third-order valence-corrected chi connectivity index (χ3v) is 6.27. The van der Waals surface area contributed by atoms with Gasteiger partial charge in [-0.25, -0.2) is 9.79 Å². The molecule has 4 rings (SSSR count). The van der Waals surface area contributed by atoms with Crippen LogP contribution < -0.4 is 21.9 Å². The van der Waals surface area contributed by atoms with Crippen molar-refractivity contribution in [3.8, 4) is 11.6 Å². The van der Waals surface area contributed by atoms with Crippen molar-refractivity contribution in [3.05, 3.63) is 85.5 Å². The fourth-order valence-electron chi connectivity index (χ4n) is 3.36. The van der Waals surface area contributed by atoms with E-state index in [-0.39, 0.29) is 22.9 Å². The first-order valence-corrected chi connectivity index (χ1v) is 11.4. The smallest absolute Gasteiger partial charge is 0.328 e. The second-order valence-corrected chi connectivity index (χ2v) is 9.09. The largest absolute Gasteiger partial charge is 0.508 e. The van der Waals surface area contributed by atoms with Gasteiger partial charge < -0.3 is 20.8 Å². The summed E-state index contributed by atoms with van der Waals surface area (Å²) < 4.78 is 0. The predicted molar refractivity (Wildman–Crippen MR) is 131 cm³/mol. The van der Waals surface area contributed by atoms with Gasteiger partial charge in [-0.1, -0.05) is 41.6 Å². The SMILES string of the molecule is O=C(CC1SC(=NC(c2ccc(O)cc2)c2c(O)[nH]c(=O)[nH]c2=O)NC1=O)Nc1cccc(Cl)c1. The molecular weight excluding hydrogens is 498 g/mol. The molecule has 3 aromatic rings. The summed E-state index contributed by atoms with van der Waals surface area (Å²) in [6, 6.07) is 11.1. The van der Waals surface area contributed by atoms with Crippen LogP contribution in [-0.2, 0) is 9.59 Å². The van der Waals surface area contributed by atoms with Crippen molar-refractivity contribution in [1.29, 1.82) is 0 Å². The van der Waals surface area contributed by atoms with Gasteiger partial charge in [-0.15, -0.1) is 0 Å². The van der Waals surface area contributed by atoms with Crippen molar-refractivity contribution in [3.63, 3.8) is 0 Å². The molecule has 0 saturated carbocycles. The highest BCUT2D eigenvalue weighted by Crippen LogP contribution is 2.32. The minimum atomic E-state index is -1.14. The number of carbonyl (C=O) groups excluding carboxylic acids is 2. The van der Waals surface area contributed by atoms with Gasteiger partial charge in [-0.2, -0.15) is 0 Å². The summed E-state index contributed by atoms with van der Waals surface area (Å²) >= 11 is 6.90. The first kappa shape index (κ1) is 24.1. The average molecular weight is 516 g/mol. The number of phenolic OH excluding ortho intramolecular Hbond substituents is 1. The number of nitrogens with zero attached hydrogens (tertiary/aromatic N) is 1. The number of halogens is 1. The Morgan fingerprint density at radius 1 is 1.11 bits per heavy atom. The number of thioether (sulfide) groups is 1. The molecule has 2 aromatic carbocycles. The Balaban J connectivity index is 1.59. The quantitative estimate of drug-likeness (QED) is 0.290. The number of aromatic hydroxyl groups is 2. The molecule has 0 aliphatic carbocycles. The Bertz CT molecular complexity index is 1440. The van der Waals surface area contributed by atoms with Crippen molar-refractivity contribution in [1.82, 2.24) is 15.3 Å². The summed E-state index contributed by atoms with van der Waals surface area (Å²) in [5.41, 5.74) is -1.16. The lowest BCUT2D eigenvalue weighted by atomic mass is 10.0. The van der Waals surface area contributed by atoms with Gasteiger partial charge in [-0.05, 0) is 35.9 Å². The van der Waals surface area contributed by atoms with Crippen molar-refractivity contribution >= 4 is 46.0 Å². The fourth-order valence-corrected chi connectivity index (χ4v) is 4.55. The maximum absolute atomic E-state index is 12.5. The molecule has 35 heavy (non-hydrogen) atoms. The molecule has 2 amide bonds. The van der Waals surface area contributed by atoms with Crippen LogP contribution >= 0.6 is 23.4 Å². The van der Waals surface area contributed by atoms with Gasteiger partial charge in [0, 0.05) is 17.1 Å². The number of amidine groups is 1. The number of hydrogen-bond donors (Lipinski definition) is 6. The van der Waals surface area contributed by atoms with E-state index in [1.807, 2.05) is 4.98 Å². The first-order valence-electron chi connectivity index (χ1n) is 10.1. The van der Waals surface area contributed by atoms with Crippen LogP contribution in [-0.4, -0.2) is 42.4 Å². The van der Waals surface area contributed by atoms with Crippen molar-refractivity contribution in [2.45, 2.75) is 17.7 Å². The number of aromatic amines is 2. The Morgan fingerprint density at radius 2 is 1.86 bits per heavy atom. The summed E-state index contributed by atoms with van der Waals surface area (Å²) in [4.78, 5) is 57.5. The molecule has 180 valence electrons. The molecule has 2 unspecified atom stereocenters. The lowest BCUT2D eigenvalue weighted by Crippen LogP contribution is -2.29. The molecule has 1 aliphatic rings. The van der Waals surface area contributed by atoms with Gasteiger partial charge in [0.15, 0.2) is 5.17 Å². The molecule has 1 fully saturated rings. The highest BCUT2D eigenvalue weighted by Gasteiger charge is 2.33. The van der Waals surface area contributed by atoms with Crippen LogP contribution in [0.3, 0.4) is 0 Å². The van der Waals surface area contributed by atoms with Crippen LogP contribution in [0.2, 0.25) is 5.02 Å². The Hall–Kier alpha value is -4.03. The molecule has 0 bridgehead atoms. The van der Waals surface area contributed by atoms with Gasteiger partial charge in [0.1, 0.15) is 22.6 Å². The summed E-state index contributed by atoms with van der Waals surface area (Å²) in [5, 5.41) is 24.9. The number of carbonyl (C=O) groups is 2. The Labute approximate surface area is 206 Å². The molecule has 11 nitrogen and oxygen atoms in total. The van der Waals surface area contributed by atoms with E-state index in [2.05, 4.69) is 20.6 Å². The van der Waals surface area contributed by atoms with Gasteiger partial charge in [-0.3, -0.25) is 24.4 Å². The summed E-state index contributed by atoms with van der Waals surface area (Å²) in [7, 11) is 0. The number of amides is 2. The van der Waals surface area contributed by atoms with Gasteiger partial charge in [0.2, 0.25) is 17.7 Å². The molecule has 2 atom stereocenters. The van der Waals surface area contributed by atoms with Crippen molar-refractivity contribution in [2.24, 2.45) is 4.99 Å². The predicted octanol–water partition coefficient (Wildman–Crippen LogP) is 1.83. The zero-order chi connectivity index (χ0) is 25.1. The third kappa shape index (κ3) is 5.73. The van der Waals surface area contributed by atoms with E-state index in [0.717, 1.165) is 11.8 Å². The highest BCUT2D eigenvalue weighted by molar-refractivity contribution is 8.15. The van der Waals surface area contributed by atoms with E-state index >= 15 is 0 Å². The zero-order valence-electron chi connectivity index (χ0n) is 17.7. The summed E-state index contributed by atoms with van der Waals surface area (Å²) in [6.07, 6.45) is -0.156. The number of anilines is 1. The van der Waals surface area contributed by atoms with Crippen LogP contribution in [0.1, 0.15) is 23.6 Å². The van der Waals surface area contributed by atoms with Crippen LogP contribution in [0, 0.1) is 0 Å². The number of aromatic nitrogens is 2. The summed E-state index contributed by atoms with van der Waals surface area (Å²) in [6.45, 7) is 0. The fraction of sp³-hybridized carbons (Fsp3) is 0.136. The van der Waals surface area contributed by atoms with Crippen LogP contribution in [0.15, 0.2) is 63.1 Å². The van der Waals surface area contributed by atoms with Crippen LogP contribution in [0.4, 0.5) is 5.69 Å². The number of nitrogens with one attached hydrogen (secondary N) is 4. The normalized spacial score (nSPS) is 17.2. The number of H-pyrrole nitrogens is 2. The second-order valence-electron chi connectivity index (χ2n) is 7.46. The Morgan fingerprint density at radius 3 is 2.54 bits per heavy atom. The van der Waals surface area contributed by atoms with Crippen LogP contribution in [0.5, 0.6) is 11.6 Å². The lowest BCUT2D eigenvalue weighted by Gasteiger charge is -2.14.